The molecule has 0 aromatic carbocycles. The van der Waals surface area contributed by atoms with Crippen molar-refractivity contribution in [2.75, 3.05) is 7.11 Å². The lowest BCUT2D eigenvalue weighted by Gasteiger charge is -2.26. The Kier molecular flexibility index (Phi) is 6.00. The van der Waals surface area contributed by atoms with E-state index in [1.165, 1.54) is 0 Å². The third-order valence-corrected chi connectivity index (χ3v) is 4.07. The van der Waals surface area contributed by atoms with E-state index in [9.17, 15) is 14.7 Å². The number of amides is 1. The molecule has 1 aromatic heterocycles. The Labute approximate surface area is 129 Å². The molecular formula is C16H23NO5. The van der Waals surface area contributed by atoms with Crippen molar-refractivity contribution in [3.8, 4) is 0 Å². The predicted octanol–water partition coefficient (Wildman–Crippen LogP) is 2.58. The molecule has 6 nitrogen and oxygen atoms in total. The third-order valence-electron chi connectivity index (χ3n) is 4.07. The van der Waals surface area contributed by atoms with Gasteiger partial charge in [0.2, 0.25) is 0 Å². The number of rotatable bonds is 5. The Morgan fingerprint density at radius 3 is 2.68 bits per heavy atom. The first-order valence-electron chi connectivity index (χ1n) is 7.73. The van der Waals surface area contributed by atoms with Crippen molar-refractivity contribution in [3.63, 3.8) is 0 Å². The van der Waals surface area contributed by atoms with Crippen LogP contribution in [0.15, 0.2) is 16.5 Å². The first kappa shape index (κ1) is 16.5. The fourth-order valence-corrected chi connectivity index (χ4v) is 2.91. The number of ether oxygens (including phenoxy) is 1. The molecule has 2 unspecified atom stereocenters. The summed E-state index contributed by atoms with van der Waals surface area (Å²) in [5.74, 6) is -0.970. The first-order chi connectivity index (χ1) is 10.6. The predicted molar refractivity (Wildman–Crippen MR) is 79.5 cm³/mol. The Morgan fingerprint density at radius 2 is 2.00 bits per heavy atom. The zero-order valence-corrected chi connectivity index (χ0v) is 12.8. The third kappa shape index (κ3) is 4.34. The number of nitrogens with one attached hydrogen (secondary N) is 1. The first-order valence-corrected chi connectivity index (χ1v) is 7.73. The smallest absolute Gasteiger partial charge is 0.308 e. The Hall–Kier alpha value is -1.82. The number of aliphatic carboxylic acids is 1. The molecule has 0 bridgehead atoms. The van der Waals surface area contributed by atoms with Crippen molar-refractivity contribution in [1.29, 1.82) is 0 Å². The van der Waals surface area contributed by atoms with Crippen molar-refractivity contribution in [2.45, 2.75) is 51.2 Å². The van der Waals surface area contributed by atoms with Crippen LogP contribution in [0.25, 0.3) is 0 Å². The molecule has 2 atom stereocenters. The van der Waals surface area contributed by atoms with Crippen LogP contribution in [0.4, 0.5) is 0 Å². The van der Waals surface area contributed by atoms with Gasteiger partial charge in [-0.3, -0.25) is 9.59 Å². The van der Waals surface area contributed by atoms with Crippen LogP contribution in [0.2, 0.25) is 0 Å². The molecule has 1 fully saturated rings. The van der Waals surface area contributed by atoms with Crippen LogP contribution in [-0.4, -0.2) is 30.1 Å². The van der Waals surface area contributed by atoms with E-state index in [4.69, 9.17) is 9.15 Å². The van der Waals surface area contributed by atoms with Crippen LogP contribution in [0.3, 0.4) is 0 Å². The Balaban J connectivity index is 2.03. The molecule has 22 heavy (non-hydrogen) atoms. The van der Waals surface area contributed by atoms with E-state index < -0.39 is 11.9 Å². The maximum absolute atomic E-state index is 12.3. The van der Waals surface area contributed by atoms with Crippen LogP contribution < -0.4 is 5.32 Å². The van der Waals surface area contributed by atoms with E-state index in [1.54, 1.807) is 19.2 Å². The molecule has 1 heterocycles. The molecule has 0 spiro atoms. The quantitative estimate of drug-likeness (QED) is 0.872. The number of carboxylic acids is 1. The van der Waals surface area contributed by atoms with E-state index in [1.807, 2.05) is 0 Å². The summed E-state index contributed by atoms with van der Waals surface area (Å²) in [6.45, 7) is 0.300. The molecule has 1 amide bonds. The molecule has 0 saturated heterocycles. The Morgan fingerprint density at radius 1 is 1.27 bits per heavy atom. The molecule has 1 saturated carbocycles. The van der Waals surface area contributed by atoms with Crippen LogP contribution in [0.1, 0.15) is 54.8 Å². The van der Waals surface area contributed by atoms with Crippen LogP contribution in [0, 0.1) is 5.92 Å². The molecule has 0 aliphatic heterocycles. The molecular weight excluding hydrogens is 286 g/mol. The summed E-state index contributed by atoms with van der Waals surface area (Å²) in [5.41, 5.74) is 0. The van der Waals surface area contributed by atoms with Gasteiger partial charge in [0.05, 0.1) is 5.92 Å². The molecule has 0 radical (unpaired) electrons. The van der Waals surface area contributed by atoms with Gasteiger partial charge < -0.3 is 19.6 Å². The highest BCUT2D eigenvalue weighted by atomic mass is 16.5. The standard InChI is InChI=1S/C16H23NO5/c1-21-10-11-8-9-14(22-11)15(18)17-13-7-5-3-2-4-6-12(13)16(19)20/h8-9,12-13H,2-7,10H2,1H3,(H,17,18)(H,19,20). The number of furan rings is 1. The molecule has 2 N–H and O–H groups in total. The van der Waals surface area contributed by atoms with E-state index in [0.29, 0.717) is 25.2 Å². The van der Waals surface area contributed by atoms with Gasteiger partial charge in [-0.2, -0.15) is 0 Å². The fourth-order valence-electron chi connectivity index (χ4n) is 2.91. The van der Waals surface area contributed by atoms with Gasteiger partial charge in [0.15, 0.2) is 5.76 Å². The Bertz CT molecular complexity index is 510. The lowest BCUT2D eigenvalue weighted by Crippen LogP contribution is -2.43. The van der Waals surface area contributed by atoms with Gasteiger partial charge in [-0.05, 0) is 25.0 Å². The maximum Gasteiger partial charge on any atom is 0.308 e. The highest BCUT2D eigenvalue weighted by Gasteiger charge is 2.30. The maximum atomic E-state index is 12.3. The van der Waals surface area contributed by atoms with E-state index in [-0.39, 0.29) is 17.7 Å². The summed E-state index contributed by atoms with van der Waals surface area (Å²) in [7, 11) is 1.55. The lowest BCUT2D eigenvalue weighted by molar-refractivity contribution is -0.143. The number of carbonyl (C=O) groups excluding carboxylic acids is 1. The summed E-state index contributed by atoms with van der Waals surface area (Å²) in [4.78, 5) is 23.7. The van der Waals surface area contributed by atoms with Crippen molar-refractivity contribution in [3.05, 3.63) is 23.7 Å². The van der Waals surface area contributed by atoms with Crippen molar-refractivity contribution >= 4 is 11.9 Å². The number of hydrogen-bond donors (Lipinski definition) is 2. The van der Waals surface area contributed by atoms with Gasteiger partial charge in [-0.25, -0.2) is 0 Å². The zero-order chi connectivity index (χ0) is 15.9. The SMILES string of the molecule is COCc1ccc(C(=O)NC2CCCCCCC2C(=O)O)o1. The summed E-state index contributed by atoms with van der Waals surface area (Å²) in [6.07, 6.45) is 5.26. The van der Waals surface area contributed by atoms with Crippen molar-refractivity contribution in [2.24, 2.45) is 5.92 Å². The van der Waals surface area contributed by atoms with Crippen LogP contribution in [0.5, 0.6) is 0 Å². The average molecular weight is 309 g/mol. The highest BCUT2D eigenvalue weighted by Crippen LogP contribution is 2.23. The second-order valence-electron chi connectivity index (χ2n) is 5.72. The molecule has 2 rings (SSSR count). The second kappa shape index (κ2) is 7.98. The highest BCUT2D eigenvalue weighted by molar-refractivity contribution is 5.92. The minimum Gasteiger partial charge on any atom is -0.481 e. The fraction of sp³-hybridized carbons (Fsp3) is 0.625. The normalized spacial score (nSPS) is 22.6. The minimum atomic E-state index is -0.841. The summed E-state index contributed by atoms with van der Waals surface area (Å²) in [5, 5.41) is 12.2. The number of carbonyl (C=O) groups is 2. The minimum absolute atomic E-state index is 0.193. The molecule has 1 aliphatic carbocycles. The average Bonchev–Trinajstić information content (AvgIpc) is 2.90. The van der Waals surface area contributed by atoms with E-state index >= 15 is 0 Å². The molecule has 122 valence electrons. The summed E-state index contributed by atoms with van der Waals surface area (Å²) in [6, 6.07) is 2.93. The second-order valence-corrected chi connectivity index (χ2v) is 5.72. The summed E-state index contributed by atoms with van der Waals surface area (Å²) >= 11 is 0. The monoisotopic (exact) mass is 309 g/mol. The van der Waals surface area contributed by atoms with Gasteiger partial charge in [0, 0.05) is 13.2 Å². The lowest BCUT2D eigenvalue weighted by atomic mass is 9.86. The number of hydrogen-bond acceptors (Lipinski definition) is 4. The van der Waals surface area contributed by atoms with Gasteiger partial charge in [0.1, 0.15) is 12.4 Å². The number of methoxy groups -OCH3 is 1. The zero-order valence-electron chi connectivity index (χ0n) is 12.8. The molecule has 1 aromatic rings. The molecule has 6 heteroatoms. The van der Waals surface area contributed by atoms with Crippen molar-refractivity contribution in [1.82, 2.24) is 5.32 Å². The summed E-state index contributed by atoms with van der Waals surface area (Å²) < 4.78 is 10.3. The largest absolute Gasteiger partial charge is 0.481 e. The van der Waals surface area contributed by atoms with Gasteiger partial charge in [-0.15, -0.1) is 0 Å². The van der Waals surface area contributed by atoms with Crippen molar-refractivity contribution < 1.29 is 23.8 Å². The topological polar surface area (TPSA) is 88.8 Å². The van der Waals surface area contributed by atoms with Crippen LogP contribution in [-0.2, 0) is 16.1 Å². The molecule has 1 aliphatic rings. The van der Waals surface area contributed by atoms with E-state index in [0.717, 1.165) is 25.7 Å². The van der Waals surface area contributed by atoms with Gasteiger partial charge in [-0.1, -0.05) is 25.7 Å². The van der Waals surface area contributed by atoms with E-state index in [2.05, 4.69) is 5.32 Å². The van der Waals surface area contributed by atoms with Crippen LogP contribution >= 0.6 is 0 Å². The number of carboxylic acid groups (broad SMARTS) is 1. The van der Waals surface area contributed by atoms with Gasteiger partial charge in [0.25, 0.3) is 5.91 Å². The van der Waals surface area contributed by atoms with Gasteiger partial charge >= 0.3 is 5.97 Å².